The van der Waals surface area contributed by atoms with Crippen LogP contribution in [0, 0.1) is 5.92 Å². The molecule has 0 aromatic heterocycles. The van der Waals surface area contributed by atoms with Crippen LogP contribution in [0.1, 0.15) is 13.8 Å². The van der Waals surface area contributed by atoms with E-state index in [1.54, 1.807) is 11.9 Å². The summed E-state index contributed by atoms with van der Waals surface area (Å²) < 4.78 is 0. The van der Waals surface area contributed by atoms with Crippen molar-refractivity contribution < 1.29 is 9.59 Å². The Hall–Kier alpha value is -1.10. The molecule has 0 radical (unpaired) electrons. The van der Waals surface area contributed by atoms with Crippen LogP contribution in [0.2, 0.25) is 0 Å². The van der Waals surface area contributed by atoms with Crippen LogP contribution in [-0.2, 0) is 9.59 Å². The lowest BCUT2D eigenvalue weighted by molar-refractivity contribution is -0.141. The third-order valence-electron chi connectivity index (χ3n) is 2.71. The molecule has 0 saturated carbocycles. The van der Waals surface area contributed by atoms with Gasteiger partial charge in [0.05, 0.1) is 6.54 Å². The van der Waals surface area contributed by atoms with Crippen molar-refractivity contribution in [2.24, 2.45) is 5.92 Å². The Morgan fingerprint density at radius 1 is 1.31 bits per heavy atom. The lowest BCUT2D eigenvalue weighted by Crippen LogP contribution is -2.50. The topological polar surface area (TPSA) is 52.7 Å². The van der Waals surface area contributed by atoms with Crippen LogP contribution in [-0.4, -0.2) is 61.4 Å². The molecule has 5 nitrogen and oxygen atoms in total. The third kappa shape index (κ3) is 3.48. The van der Waals surface area contributed by atoms with E-state index in [0.717, 1.165) is 26.2 Å². The van der Waals surface area contributed by atoms with Gasteiger partial charge in [0.15, 0.2) is 0 Å². The van der Waals surface area contributed by atoms with E-state index in [1.807, 2.05) is 13.8 Å². The van der Waals surface area contributed by atoms with Gasteiger partial charge in [0.2, 0.25) is 11.8 Å². The van der Waals surface area contributed by atoms with E-state index in [1.165, 1.54) is 4.90 Å². The molecule has 0 aliphatic carbocycles. The quantitative estimate of drug-likeness (QED) is 0.709. The molecule has 0 aromatic rings. The Labute approximate surface area is 96.8 Å². The highest BCUT2D eigenvalue weighted by molar-refractivity contribution is 5.85. The summed E-state index contributed by atoms with van der Waals surface area (Å²) in [6, 6.07) is 0. The Morgan fingerprint density at radius 2 is 1.88 bits per heavy atom. The van der Waals surface area contributed by atoms with Crippen molar-refractivity contribution in [3.63, 3.8) is 0 Å². The number of nitrogens with zero attached hydrogens (tertiary/aromatic N) is 2. The molecule has 1 aliphatic rings. The number of likely N-dealkylation sites (N-methyl/N-ethyl adjacent to an activating group) is 1. The van der Waals surface area contributed by atoms with Crippen molar-refractivity contribution in [3.8, 4) is 0 Å². The van der Waals surface area contributed by atoms with Gasteiger partial charge in [0.25, 0.3) is 0 Å². The number of nitrogens with one attached hydrogen (secondary N) is 1. The number of amides is 2. The molecule has 1 aliphatic heterocycles. The SMILES string of the molecule is CC(C)C(=O)N(C)CC(=O)N1CCNCC1. The van der Waals surface area contributed by atoms with Crippen LogP contribution in [0.25, 0.3) is 0 Å². The average molecular weight is 227 g/mol. The van der Waals surface area contributed by atoms with Gasteiger partial charge in [-0.25, -0.2) is 0 Å². The Bertz CT molecular complexity index is 260. The van der Waals surface area contributed by atoms with Gasteiger partial charge in [-0.05, 0) is 0 Å². The number of piperazine rings is 1. The maximum atomic E-state index is 11.8. The first-order chi connectivity index (χ1) is 7.52. The van der Waals surface area contributed by atoms with Crippen molar-refractivity contribution >= 4 is 11.8 Å². The average Bonchev–Trinajstić information content (AvgIpc) is 2.28. The zero-order chi connectivity index (χ0) is 12.1. The van der Waals surface area contributed by atoms with Crippen molar-refractivity contribution in [1.82, 2.24) is 15.1 Å². The minimum Gasteiger partial charge on any atom is -0.339 e. The van der Waals surface area contributed by atoms with E-state index in [4.69, 9.17) is 0 Å². The minimum absolute atomic E-state index is 0.0171. The molecule has 1 heterocycles. The maximum absolute atomic E-state index is 11.8. The molecule has 0 spiro atoms. The molecule has 0 atom stereocenters. The monoisotopic (exact) mass is 227 g/mol. The van der Waals surface area contributed by atoms with Crippen molar-refractivity contribution in [2.45, 2.75) is 13.8 Å². The Balaban J connectivity index is 2.40. The molecule has 1 fully saturated rings. The second kappa shape index (κ2) is 5.84. The van der Waals surface area contributed by atoms with Gasteiger partial charge in [-0.2, -0.15) is 0 Å². The number of hydrogen-bond donors (Lipinski definition) is 1. The number of carbonyl (C=O) groups excluding carboxylic acids is 2. The number of hydrogen-bond acceptors (Lipinski definition) is 3. The summed E-state index contributed by atoms with van der Waals surface area (Å²) in [4.78, 5) is 26.8. The summed E-state index contributed by atoms with van der Waals surface area (Å²) in [5.41, 5.74) is 0. The summed E-state index contributed by atoms with van der Waals surface area (Å²) >= 11 is 0. The lowest BCUT2D eigenvalue weighted by Gasteiger charge is -2.29. The highest BCUT2D eigenvalue weighted by Crippen LogP contribution is 2.01. The van der Waals surface area contributed by atoms with E-state index >= 15 is 0 Å². The molecule has 0 unspecified atom stereocenters. The molecular weight excluding hydrogens is 206 g/mol. The Morgan fingerprint density at radius 3 is 2.38 bits per heavy atom. The second-order valence-corrected chi connectivity index (χ2v) is 4.48. The van der Waals surface area contributed by atoms with Gasteiger partial charge in [0.1, 0.15) is 0 Å². The zero-order valence-corrected chi connectivity index (χ0v) is 10.3. The van der Waals surface area contributed by atoms with E-state index in [2.05, 4.69) is 5.32 Å². The zero-order valence-electron chi connectivity index (χ0n) is 10.3. The van der Waals surface area contributed by atoms with Crippen LogP contribution in [0.3, 0.4) is 0 Å². The first-order valence-electron chi connectivity index (χ1n) is 5.76. The summed E-state index contributed by atoms with van der Waals surface area (Å²) in [5, 5.41) is 3.19. The number of rotatable bonds is 3. The second-order valence-electron chi connectivity index (χ2n) is 4.48. The summed E-state index contributed by atoms with van der Waals surface area (Å²) in [6.45, 7) is 7.03. The summed E-state index contributed by atoms with van der Waals surface area (Å²) in [7, 11) is 1.68. The molecule has 92 valence electrons. The molecule has 1 N–H and O–H groups in total. The predicted molar refractivity (Wildman–Crippen MR) is 61.9 cm³/mol. The van der Waals surface area contributed by atoms with Gasteiger partial charge < -0.3 is 15.1 Å². The van der Waals surface area contributed by atoms with Crippen LogP contribution in [0.15, 0.2) is 0 Å². The van der Waals surface area contributed by atoms with Gasteiger partial charge in [0, 0.05) is 39.1 Å². The molecule has 5 heteroatoms. The lowest BCUT2D eigenvalue weighted by atomic mass is 10.2. The van der Waals surface area contributed by atoms with Gasteiger partial charge >= 0.3 is 0 Å². The van der Waals surface area contributed by atoms with E-state index in [0.29, 0.717) is 0 Å². The third-order valence-corrected chi connectivity index (χ3v) is 2.71. The maximum Gasteiger partial charge on any atom is 0.242 e. The van der Waals surface area contributed by atoms with E-state index < -0.39 is 0 Å². The molecule has 0 aromatic carbocycles. The van der Waals surface area contributed by atoms with Gasteiger partial charge in [-0.15, -0.1) is 0 Å². The molecule has 2 amide bonds. The normalized spacial score (nSPS) is 16.4. The van der Waals surface area contributed by atoms with Crippen molar-refractivity contribution in [1.29, 1.82) is 0 Å². The molecular formula is C11H21N3O2. The van der Waals surface area contributed by atoms with Gasteiger partial charge in [-0.3, -0.25) is 9.59 Å². The van der Waals surface area contributed by atoms with Crippen LogP contribution in [0.4, 0.5) is 0 Å². The van der Waals surface area contributed by atoms with Gasteiger partial charge in [-0.1, -0.05) is 13.8 Å². The van der Waals surface area contributed by atoms with Crippen molar-refractivity contribution in [3.05, 3.63) is 0 Å². The number of carbonyl (C=O) groups is 2. The van der Waals surface area contributed by atoms with Crippen LogP contribution >= 0.6 is 0 Å². The molecule has 1 rings (SSSR count). The fourth-order valence-electron chi connectivity index (χ4n) is 1.74. The minimum atomic E-state index is -0.0548. The fourth-order valence-corrected chi connectivity index (χ4v) is 1.74. The highest BCUT2D eigenvalue weighted by Gasteiger charge is 2.20. The molecule has 16 heavy (non-hydrogen) atoms. The first-order valence-corrected chi connectivity index (χ1v) is 5.76. The predicted octanol–water partition coefficient (Wildman–Crippen LogP) is -0.467. The Kier molecular flexibility index (Phi) is 4.73. The van der Waals surface area contributed by atoms with Crippen molar-refractivity contribution in [2.75, 3.05) is 39.8 Å². The highest BCUT2D eigenvalue weighted by atomic mass is 16.2. The standard InChI is InChI=1S/C11H21N3O2/c1-9(2)11(16)13(3)8-10(15)14-6-4-12-5-7-14/h9,12H,4-8H2,1-3H3. The smallest absolute Gasteiger partial charge is 0.242 e. The first kappa shape index (κ1) is 13.0. The van der Waals surface area contributed by atoms with Crippen LogP contribution in [0.5, 0.6) is 0 Å². The largest absolute Gasteiger partial charge is 0.339 e. The molecule has 0 bridgehead atoms. The van der Waals surface area contributed by atoms with E-state index in [-0.39, 0.29) is 24.3 Å². The van der Waals surface area contributed by atoms with Crippen LogP contribution < -0.4 is 5.32 Å². The summed E-state index contributed by atoms with van der Waals surface area (Å²) in [6.07, 6.45) is 0. The molecule has 1 saturated heterocycles. The van der Waals surface area contributed by atoms with E-state index in [9.17, 15) is 9.59 Å². The summed E-state index contributed by atoms with van der Waals surface area (Å²) in [5.74, 6) is 0.00214. The fraction of sp³-hybridized carbons (Fsp3) is 0.818.